The van der Waals surface area contributed by atoms with Crippen LogP contribution in [-0.2, 0) is 16.4 Å². The average Bonchev–Trinajstić information content (AvgIpc) is 2.88. The highest BCUT2D eigenvalue weighted by molar-refractivity contribution is 7.90. The topological polar surface area (TPSA) is 49.4 Å². The second kappa shape index (κ2) is 6.39. The first-order chi connectivity index (χ1) is 9.06. The van der Waals surface area contributed by atoms with Crippen LogP contribution in [0.25, 0.3) is 0 Å². The van der Waals surface area contributed by atoms with Gasteiger partial charge in [0, 0.05) is 38.1 Å². The van der Waals surface area contributed by atoms with Gasteiger partial charge in [0.05, 0.1) is 5.75 Å². The van der Waals surface area contributed by atoms with E-state index in [1.165, 1.54) is 30.3 Å². The van der Waals surface area contributed by atoms with E-state index in [0.29, 0.717) is 6.54 Å². The molecule has 0 saturated carbocycles. The van der Waals surface area contributed by atoms with Gasteiger partial charge in [0.15, 0.2) is 0 Å². The number of anilines is 1. The van der Waals surface area contributed by atoms with Gasteiger partial charge < -0.3 is 10.2 Å². The van der Waals surface area contributed by atoms with Crippen LogP contribution in [0.4, 0.5) is 5.69 Å². The molecule has 1 N–H and O–H groups in total. The van der Waals surface area contributed by atoms with Gasteiger partial charge in [-0.1, -0.05) is 18.2 Å². The molecule has 106 valence electrons. The van der Waals surface area contributed by atoms with Crippen LogP contribution in [0.5, 0.6) is 0 Å². The van der Waals surface area contributed by atoms with Crippen molar-refractivity contribution >= 4 is 15.5 Å². The van der Waals surface area contributed by atoms with E-state index in [1.54, 1.807) is 0 Å². The first kappa shape index (κ1) is 14.3. The molecule has 1 aromatic carbocycles. The summed E-state index contributed by atoms with van der Waals surface area (Å²) < 4.78 is 22.1. The van der Waals surface area contributed by atoms with E-state index >= 15 is 0 Å². The molecule has 0 radical (unpaired) electrons. The van der Waals surface area contributed by atoms with E-state index in [-0.39, 0.29) is 5.75 Å². The molecule has 0 unspecified atom stereocenters. The third kappa shape index (κ3) is 4.51. The number of hydrogen-bond acceptors (Lipinski definition) is 4. The molecule has 1 aromatic rings. The molecule has 19 heavy (non-hydrogen) atoms. The quantitative estimate of drug-likeness (QED) is 0.802. The van der Waals surface area contributed by atoms with Crippen molar-refractivity contribution in [3.05, 3.63) is 29.8 Å². The highest BCUT2D eigenvalue weighted by Gasteiger charge is 2.14. The van der Waals surface area contributed by atoms with Crippen molar-refractivity contribution in [2.24, 2.45) is 0 Å². The molecule has 1 aliphatic heterocycles. The molecule has 5 heteroatoms. The SMILES string of the molecule is CS(=O)(=O)CCNCc1ccccc1N1CCCC1. The molecule has 2 rings (SSSR count). The highest BCUT2D eigenvalue weighted by Crippen LogP contribution is 2.24. The van der Waals surface area contributed by atoms with E-state index in [2.05, 4.69) is 28.4 Å². The molecule has 1 heterocycles. The summed E-state index contributed by atoms with van der Waals surface area (Å²) in [6.45, 7) is 3.48. The molecule has 4 nitrogen and oxygen atoms in total. The largest absolute Gasteiger partial charge is 0.371 e. The summed E-state index contributed by atoms with van der Waals surface area (Å²) in [6, 6.07) is 8.36. The Bertz CT molecular complexity index is 508. The van der Waals surface area contributed by atoms with Gasteiger partial charge in [0.25, 0.3) is 0 Å². The summed E-state index contributed by atoms with van der Waals surface area (Å²) in [5, 5.41) is 3.22. The van der Waals surface area contributed by atoms with E-state index in [4.69, 9.17) is 0 Å². The maximum Gasteiger partial charge on any atom is 0.148 e. The molecule has 0 bridgehead atoms. The first-order valence-corrected chi connectivity index (χ1v) is 8.83. The van der Waals surface area contributed by atoms with Crippen molar-refractivity contribution in [3.8, 4) is 0 Å². The van der Waals surface area contributed by atoms with Crippen LogP contribution in [-0.4, -0.2) is 40.1 Å². The van der Waals surface area contributed by atoms with E-state index in [0.717, 1.165) is 19.6 Å². The number of nitrogens with zero attached hydrogens (tertiary/aromatic N) is 1. The minimum absolute atomic E-state index is 0.193. The molecule has 1 saturated heterocycles. The summed E-state index contributed by atoms with van der Waals surface area (Å²) in [4.78, 5) is 2.41. The minimum atomic E-state index is -2.88. The summed E-state index contributed by atoms with van der Waals surface area (Å²) in [6.07, 6.45) is 3.79. The van der Waals surface area contributed by atoms with Gasteiger partial charge in [-0.05, 0) is 24.5 Å². The number of nitrogens with one attached hydrogen (secondary N) is 1. The fourth-order valence-electron chi connectivity index (χ4n) is 2.41. The maximum atomic E-state index is 11.1. The third-order valence-corrected chi connectivity index (χ3v) is 4.35. The normalized spacial score (nSPS) is 15.9. The Balaban J connectivity index is 1.92. The second-order valence-electron chi connectivity index (χ2n) is 5.13. The molecule has 0 aliphatic carbocycles. The molecule has 0 amide bonds. The number of benzene rings is 1. The molecule has 0 aromatic heterocycles. The molecule has 1 aliphatic rings. The van der Waals surface area contributed by atoms with Crippen molar-refractivity contribution in [2.45, 2.75) is 19.4 Å². The summed E-state index contributed by atoms with van der Waals surface area (Å²) in [5.41, 5.74) is 2.53. The number of rotatable bonds is 6. The summed E-state index contributed by atoms with van der Waals surface area (Å²) >= 11 is 0. The van der Waals surface area contributed by atoms with Crippen LogP contribution in [0.1, 0.15) is 18.4 Å². The molecular weight excluding hydrogens is 260 g/mol. The van der Waals surface area contributed by atoms with E-state index in [9.17, 15) is 8.42 Å². The third-order valence-electron chi connectivity index (χ3n) is 3.40. The zero-order valence-electron chi connectivity index (χ0n) is 11.4. The van der Waals surface area contributed by atoms with Gasteiger partial charge >= 0.3 is 0 Å². The Morgan fingerprint density at radius 1 is 1.21 bits per heavy atom. The Kier molecular flexibility index (Phi) is 4.82. The average molecular weight is 282 g/mol. The molecular formula is C14H22N2O2S. The zero-order valence-corrected chi connectivity index (χ0v) is 12.2. The van der Waals surface area contributed by atoms with Crippen molar-refractivity contribution in [3.63, 3.8) is 0 Å². The maximum absolute atomic E-state index is 11.1. The summed E-state index contributed by atoms with van der Waals surface area (Å²) in [7, 11) is -2.88. The monoisotopic (exact) mass is 282 g/mol. The predicted molar refractivity (Wildman–Crippen MR) is 79.3 cm³/mol. The van der Waals surface area contributed by atoms with Gasteiger partial charge in [0.2, 0.25) is 0 Å². The van der Waals surface area contributed by atoms with Gasteiger partial charge in [-0.15, -0.1) is 0 Å². The Morgan fingerprint density at radius 2 is 1.89 bits per heavy atom. The number of para-hydroxylation sites is 1. The molecule has 0 atom stereocenters. The van der Waals surface area contributed by atoms with Gasteiger partial charge in [-0.2, -0.15) is 0 Å². The Labute approximate surface area is 115 Å². The van der Waals surface area contributed by atoms with Crippen LogP contribution in [0.3, 0.4) is 0 Å². The van der Waals surface area contributed by atoms with E-state index in [1.807, 2.05) is 6.07 Å². The lowest BCUT2D eigenvalue weighted by Crippen LogP contribution is -2.24. The zero-order chi connectivity index (χ0) is 13.7. The Hall–Kier alpha value is -1.07. The van der Waals surface area contributed by atoms with Crippen molar-refractivity contribution < 1.29 is 8.42 Å². The highest BCUT2D eigenvalue weighted by atomic mass is 32.2. The Morgan fingerprint density at radius 3 is 2.58 bits per heavy atom. The number of sulfone groups is 1. The summed E-state index contributed by atoms with van der Waals surface area (Å²) in [5.74, 6) is 0.193. The minimum Gasteiger partial charge on any atom is -0.371 e. The van der Waals surface area contributed by atoms with Crippen LogP contribution in [0, 0.1) is 0 Å². The van der Waals surface area contributed by atoms with Gasteiger partial charge in [-0.3, -0.25) is 0 Å². The van der Waals surface area contributed by atoms with Crippen molar-refractivity contribution in [1.82, 2.24) is 5.32 Å². The lowest BCUT2D eigenvalue weighted by molar-refractivity contribution is 0.596. The van der Waals surface area contributed by atoms with E-state index < -0.39 is 9.84 Å². The fraction of sp³-hybridized carbons (Fsp3) is 0.571. The lowest BCUT2D eigenvalue weighted by atomic mass is 10.1. The standard InChI is InChI=1S/C14H22N2O2S/c1-19(17,18)11-8-15-12-13-6-2-3-7-14(13)16-9-4-5-10-16/h2-3,6-7,15H,4-5,8-12H2,1H3. The van der Waals surface area contributed by atoms with Crippen LogP contribution < -0.4 is 10.2 Å². The van der Waals surface area contributed by atoms with Crippen LogP contribution in [0.2, 0.25) is 0 Å². The first-order valence-electron chi connectivity index (χ1n) is 6.77. The molecule has 1 fully saturated rings. The van der Waals surface area contributed by atoms with Crippen LogP contribution >= 0.6 is 0 Å². The number of hydrogen-bond donors (Lipinski definition) is 1. The van der Waals surface area contributed by atoms with Gasteiger partial charge in [-0.25, -0.2) is 8.42 Å². The fourth-order valence-corrected chi connectivity index (χ4v) is 2.92. The van der Waals surface area contributed by atoms with Crippen molar-refractivity contribution in [2.75, 3.05) is 36.5 Å². The van der Waals surface area contributed by atoms with Crippen LogP contribution in [0.15, 0.2) is 24.3 Å². The lowest BCUT2D eigenvalue weighted by Gasteiger charge is -2.21. The smallest absolute Gasteiger partial charge is 0.148 e. The second-order valence-corrected chi connectivity index (χ2v) is 7.39. The van der Waals surface area contributed by atoms with Crippen molar-refractivity contribution in [1.29, 1.82) is 0 Å². The predicted octanol–water partition coefficient (Wildman–Crippen LogP) is 1.42. The molecule has 0 spiro atoms. The van der Waals surface area contributed by atoms with Gasteiger partial charge in [0.1, 0.15) is 9.84 Å².